The first-order valence-corrected chi connectivity index (χ1v) is 6.07. The summed E-state index contributed by atoms with van der Waals surface area (Å²) in [5, 5.41) is 31.9. The number of nitrogens with one attached hydrogen (secondary N) is 1. The third kappa shape index (κ3) is 2.33. The molecule has 1 heterocycles. The van der Waals surface area contributed by atoms with Crippen LogP contribution in [-0.2, 0) is 0 Å². The van der Waals surface area contributed by atoms with Gasteiger partial charge in [-0.1, -0.05) is 19.1 Å². The standard InChI is InChI=1S/C12H15N5O3/c1-2-7-15(12(13)14-18)11-8-16(19)9-5-3-4-6-10(9)17(11)20/h3-6,8,13,19-20H,2,7H2,1H3. The predicted octanol–water partition coefficient (Wildman–Crippen LogP) is 2.30. The second-order valence-electron chi connectivity index (χ2n) is 4.20. The van der Waals surface area contributed by atoms with Crippen LogP contribution >= 0.6 is 0 Å². The van der Waals surface area contributed by atoms with Gasteiger partial charge in [0.25, 0.3) is 5.96 Å². The number of hydroxylamine groups is 2. The zero-order chi connectivity index (χ0) is 14.7. The molecule has 0 amide bonds. The lowest BCUT2D eigenvalue weighted by molar-refractivity contribution is 0.229. The molecule has 0 saturated carbocycles. The highest BCUT2D eigenvalue weighted by Gasteiger charge is 2.28. The number of hydrogen-bond donors (Lipinski definition) is 3. The molecule has 8 heteroatoms. The largest absolute Gasteiger partial charge is 0.291 e. The lowest BCUT2D eigenvalue weighted by Gasteiger charge is -2.35. The molecule has 0 fully saturated rings. The monoisotopic (exact) mass is 277 g/mol. The van der Waals surface area contributed by atoms with E-state index >= 15 is 0 Å². The number of para-hydroxylation sites is 2. The first kappa shape index (κ1) is 14.0. The van der Waals surface area contributed by atoms with Gasteiger partial charge in [0, 0.05) is 11.7 Å². The third-order valence-electron chi connectivity index (χ3n) is 2.88. The normalized spacial score (nSPS) is 13.7. The van der Waals surface area contributed by atoms with Crippen molar-refractivity contribution in [3.05, 3.63) is 41.2 Å². The highest BCUT2D eigenvalue weighted by molar-refractivity contribution is 5.82. The van der Waals surface area contributed by atoms with E-state index in [4.69, 9.17) is 5.41 Å². The minimum absolute atomic E-state index is 0.0812. The minimum Gasteiger partial charge on any atom is -0.291 e. The van der Waals surface area contributed by atoms with Crippen molar-refractivity contribution >= 4 is 17.3 Å². The summed E-state index contributed by atoms with van der Waals surface area (Å²) in [7, 11) is 0. The predicted molar refractivity (Wildman–Crippen MR) is 73.6 cm³/mol. The summed E-state index contributed by atoms with van der Waals surface area (Å²) >= 11 is 0. The molecule has 0 unspecified atom stereocenters. The molecule has 0 aliphatic carbocycles. The fourth-order valence-corrected chi connectivity index (χ4v) is 1.98. The molecule has 1 aromatic carbocycles. The molecule has 1 aliphatic heterocycles. The molecule has 2 rings (SSSR count). The minimum atomic E-state index is -0.537. The van der Waals surface area contributed by atoms with Crippen LogP contribution in [0.15, 0.2) is 41.5 Å². The maximum absolute atomic E-state index is 10.6. The van der Waals surface area contributed by atoms with Crippen LogP contribution in [0, 0.1) is 10.3 Å². The van der Waals surface area contributed by atoms with Crippen molar-refractivity contribution in [1.29, 1.82) is 5.41 Å². The Morgan fingerprint density at radius 1 is 1.35 bits per heavy atom. The average molecular weight is 277 g/mol. The topological polar surface area (TPSA) is 103 Å². The third-order valence-corrected chi connectivity index (χ3v) is 2.88. The Labute approximate surface area is 115 Å². The van der Waals surface area contributed by atoms with E-state index in [1.165, 1.54) is 11.1 Å². The van der Waals surface area contributed by atoms with Gasteiger partial charge < -0.3 is 0 Å². The maximum atomic E-state index is 10.6. The van der Waals surface area contributed by atoms with Crippen molar-refractivity contribution in [2.24, 2.45) is 5.18 Å². The number of anilines is 2. The van der Waals surface area contributed by atoms with E-state index in [2.05, 4.69) is 5.18 Å². The Bertz CT molecular complexity index is 560. The fourth-order valence-electron chi connectivity index (χ4n) is 1.98. The highest BCUT2D eigenvalue weighted by Crippen LogP contribution is 2.35. The summed E-state index contributed by atoms with van der Waals surface area (Å²) in [6.45, 7) is 2.17. The van der Waals surface area contributed by atoms with Crippen LogP contribution < -0.4 is 10.1 Å². The van der Waals surface area contributed by atoms with Crippen LogP contribution in [0.5, 0.6) is 0 Å². The van der Waals surface area contributed by atoms with E-state index in [-0.39, 0.29) is 5.82 Å². The SMILES string of the molecule is CCCN(C(=N)N=O)C1=CN(O)c2ccccc2N1O. The molecule has 0 radical (unpaired) electrons. The van der Waals surface area contributed by atoms with Gasteiger partial charge in [-0.25, -0.2) is 10.1 Å². The van der Waals surface area contributed by atoms with E-state index in [0.717, 1.165) is 10.1 Å². The zero-order valence-corrected chi connectivity index (χ0v) is 10.9. The lowest BCUT2D eigenvalue weighted by Crippen LogP contribution is -2.41. The molecular formula is C12H15N5O3. The van der Waals surface area contributed by atoms with Gasteiger partial charge in [0.2, 0.25) is 0 Å². The first-order chi connectivity index (χ1) is 9.60. The van der Waals surface area contributed by atoms with Crippen molar-refractivity contribution in [1.82, 2.24) is 4.90 Å². The van der Waals surface area contributed by atoms with Crippen LogP contribution in [0.3, 0.4) is 0 Å². The van der Waals surface area contributed by atoms with Gasteiger partial charge in [-0.05, 0) is 18.6 Å². The summed E-state index contributed by atoms with van der Waals surface area (Å²) in [6.07, 6.45) is 1.86. The second kappa shape index (κ2) is 5.68. The number of rotatable bonds is 3. The molecule has 20 heavy (non-hydrogen) atoms. The summed E-state index contributed by atoms with van der Waals surface area (Å²) in [5.74, 6) is -0.456. The molecule has 0 aromatic heterocycles. The van der Waals surface area contributed by atoms with Crippen LogP contribution in [-0.4, -0.2) is 27.8 Å². The van der Waals surface area contributed by atoms with Crippen molar-refractivity contribution < 1.29 is 10.4 Å². The summed E-state index contributed by atoms with van der Waals surface area (Å²) in [5.41, 5.74) is 0.730. The highest BCUT2D eigenvalue weighted by atomic mass is 16.5. The Morgan fingerprint density at radius 2 is 2.00 bits per heavy atom. The molecule has 1 aliphatic rings. The van der Waals surface area contributed by atoms with Gasteiger partial charge in [0.05, 0.1) is 17.6 Å². The molecular weight excluding hydrogens is 262 g/mol. The molecule has 106 valence electrons. The van der Waals surface area contributed by atoms with E-state index in [0.29, 0.717) is 24.3 Å². The van der Waals surface area contributed by atoms with E-state index in [9.17, 15) is 15.3 Å². The van der Waals surface area contributed by atoms with Gasteiger partial charge in [0.1, 0.15) is 0 Å². The van der Waals surface area contributed by atoms with Gasteiger partial charge >= 0.3 is 0 Å². The number of guanidine groups is 1. The lowest BCUT2D eigenvalue weighted by atomic mass is 10.2. The number of benzene rings is 1. The summed E-state index contributed by atoms with van der Waals surface area (Å²) < 4.78 is 0. The van der Waals surface area contributed by atoms with Gasteiger partial charge in [0.15, 0.2) is 5.82 Å². The van der Waals surface area contributed by atoms with Gasteiger partial charge in [-0.2, -0.15) is 0 Å². The number of hydrogen-bond acceptors (Lipinski definition) is 6. The molecule has 0 atom stereocenters. The summed E-state index contributed by atoms with van der Waals surface area (Å²) in [6, 6.07) is 6.65. The van der Waals surface area contributed by atoms with Crippen molar-refractivity contribution in [2.45, 2.75) is 13.3 Å². The van der Waals surface area contributed by atoms with E-state index < -0.39 is 5.96 Å². The Morgan fingerprint density at radius 3 is 2.60 bits per heavy atom. The van der Waals surface area contributed by atoms with Gasteiger partial charge in [-0.3, -0.25) is 20.7 Å². The molecule has 8 nitrogen and oxygen atoms in total. The van der Waals surface area contributed by atoms with Crippen LogP contribution in [0.2, 0.25) is 0 Å². The second-order valence-corrected chi connectivity index (χ2v) is 4.20. The Balaban J connectivity index is 2.42. The van der Waals surface area contributed by atoms with Crippen molar-refractivity contribution in [3.8, 4) is 0 Å². The zero-order valence-electron chi connectivity index (χ0n) is 10.9. The molecule has 1 aromatic rings. The number of nitroso groups, excluding NO2 is 1. The van der Waals surface area contributed by atoms with Gasteiger partial charge in [-0.15, -0.1) is 4.91 Å². The molecule has 0 spiro atoms. The molecule has 0 saturated heterocycles. The first-order valence-electron chi connectivity index (χ1n) is 6.07. The van der Waals surface area contributed by atoms with E-state index in [1.54, 1.807) is 24.3 Å². The fraction of sp³-hybridized carbons (Fsp3) is 0.250. The molecule has 3 N–H and O–H groups in total. The van der Waals surface area contributed by atoms with Crippen LogP contribution in [0.25, 0.3) is 0 Å². The Hall–Kier alpha value is -2.45. The van der Waals surface area contributed by atoms with E-state index in [1.807, 2.05) is 6.92 Å². The average Bonchev–Trinajstić information content (AvgIpc) is 2.48. The Kier molecular flexibility index (Phi) is 3.97. The molecule has 0 bridgehead atoms. The van der Waals surface area contributed by atoms with Crippen LogP contribution in [0.4, 0.5) is 11.4 Å². The van der Waals surface area contributed by atoms with Crippen molar-refractivity contribution in [2.75, 3.05) is 16.7 Å². The van der Waals surface area contributed by atoms with Crippen LogP contribution in [0.1, 0.15) is 13.3 Å². The van der Waals surface area contributed by atoms with Crippen molar-refractivity contribution in [3.63, 3.8) is 0 Å². The quantitative estimate of drug-likeness (QED) is 0.445. The number of nitrogens with zero attached hydrogens (tertiary/aromatic N) is 4. The maximum Gasteiger partial charge on any atom is 0.265 e. The summed E-state index contributed by atoms with van der Waals surface area (Å²) in [4.78, 5) is 11.8. The number of fused-ring (bicyclic) bond motifs is 1. The smallest absolute Gasteiger partial charge is 0.265 e.